The molecule has 1 aliphatic rings. The van der Waals surface area contributed by atoms with E-state index in [0.717, 1.165) is 16.9 Å². The average molecular weight is 346 g/mol. The van der Waals surface area contributed by atoms with Crippen LogP contribution in [0, 0.1) is 0 Å². The quantitative estimate of drug-likeness (QED) is 0.470. The minimum atomic E-state index is -1.60. The monoisotopic (exact) mass is 346 g/mol. The van der Waals surface area contributed by atoms with Crippen LogP contribution in [-0.2, 0) is 11.2 Å². The summed E-state index contributed by atoms with van der Waals surface area (Å²) in [5.41, 5.74) is 8.93. The second-order valence-electron chi connectivity index (χ2n) is 5.58. The maximum absolute atomic E-state index is 12.1. The van der Waals surface area contributed by atoms with E-state index in [1.165, 1.54) is 11.3 Å². The number of para-hydroxylation sites is 2. The highest BCUT2D eigenvalue weighted by Gasteiger charge is 2.26. The van der Waals surface area contributed by atoms with Crippen molar-refractivity contribution in [2.75, 3.05) is 17.0 Å². The van der Waals surface area contributed by atoms with Gasteiger partial charge in [0.2, 0.25) is 5.91 Å². The summed E-state index contributed by atoms with van der Waals surface area (Å²) in [6.45, 7) is 0.461. The van der Waals surface area contributed by atoms with Gasteiger partial charge in [-0.2, -0.15) is 11.3 Å². The third-order valence-electron chi connectivity index (χ3n) is 3.82. The zero-order valence-corrected chi connectivity index (χ0v) is 13.8. The molecule has 3 rings (SSSR count). The zero-order chi connectivity index (χ0) is 16.9. The van der Waals surface area contributed by atoms with Gasteiger partial charge in [0.05, 0.1) is 17.3 Å². The van der Waals surface area contributed by atoms with Gasteiger partial charge in [-0.3, -0.25) is 9.80 Å². The summed E-state index contributed by atoms with van der Waals surface area (Å²) < 4.78 is 0. The summed E-state index contributed by atoms with van der Waals surface area (Å²) in [7, 11) is -1.60. The fourth-order valence-corrected chi connectivity index (χ4v) is 3.25. The lowest BCUT2D eigenvalue weighted by molar-refractivity contribution is -0.121. The smallest absolute Gasteiger partial charge is 0.426 e. The Morgan fingerprint density at radius 1 is 1.33 bits per heavy atom. The van der Waals surface area contributed by atoms with Crippen LogP contribution in [0.4, 0.5) is 11.4 Å². The summed E-state index contributed by atoms with van der Waals surface area (Å²) >= 11 is 1.53. The van der Waals surface area contributed by atoms with Gasteiger partial charge in [0, 0.05) is 13.0 Å². The number of anilines is 2. The fraction of sp³-hybridized carbons (Fsp3) is 0.267. The van der Waals surface area contributed by atoms with Gasteiger partial charge < -0.3 is 20.8 Å². The number of fused-ring (bicyclic) bond motifs is 1. The van der Waals surface area contributed by atoms with Gasteiger partial charge in [0.25, 0.3) is 0 Å². The molecule has 2 aromatic rings. The van der Waals surface area contributed by atoms with Crippen LogP contribution < -0.4 is 21.3 Å². The maximum Gasteiger partial charge on any atom is 0.475 e. The highest BCUT2D eigenvalue weighted by molar-refractivity contribution is 7.07. The molecule has 0 spiro atoms. The Morgan fingerprint density at radius 2 is 2.17 bits per heavy atom. The molecule has 7 nitrogen and oxygen atoms in total. The highest BCUT2D eigenvalue weighted by atomic mass is 32.1. The molecule has 1 aromatic carbocycles. The van der Waals surface area contributed by atoms with E-state index in [9.17, 15) is 14.8 Å². The van der Waals surface area contributed by atoms with Crippen LogP contribution in [0.15, 0.2) is 41.1 Å². The van der Waals surface area contributed by atoms with Crippen molar-refractivity contribution in [3.05, 3.63) is 46.7 Å². The molecule has 9 heteroatoms. The number of hydrogen-bond acceptors (Lipinski definition) is 7. The fourth-order valence-electron chi connectivity index (χ4n) is 2.57. The third kappa shape index (κ3) is 4.06. The molecule has 0 saturated carbocycles. The molecular weight excluding hydrogens is 327 g/mol. The molecule has 2 heterocycles. The lowest BCUT2D eigenvalue weighted by Gasteiger charge is -2.20. The van der Waals surface area contributed by atoms with Crippen LogP contribution in [-0.4, -0.2) is 35.6 Å². The first-order valence-corrected chi connectivity index (χ1v) is 8.62. The first-order valence-electron chi connectivity index (χ1n) is 7.68. The number of amides is 1. The van der Waals surface area contributed by atoms with Gasteiger partial charge in [-0.25, -0.2) is 0 Å². The summed E-state index contributed by atoms with van der Waals surface area (Å²) in [5.74, 6) is -0.946. The predicted octanol–water partition coefficient (Wildman–Crippen LogP) is 0.529. The molecule has 0 saturated heterocycles. The van der Waals surface area contributed by atoms with Crippen LogP contribution >= 0.6 is 11.3 Å². The van der Waals surface area contributed by atoms with Crippen LogP contribution in [0.3, 0.4) is 0 Å². The second-order valence-corrected chi connectivity index (χ2v) is 6.36. The third-order valence-corrected chi connectivity index (χ3v) is 4.56. The molecular formula is C15H19BN4O3S. The van der Waals surface area contributed by atoms with E-state index in [-0.39, 0.29) is 12.3 Å². The molecule has 5 N–H and O–H groups in total. The number of benzene rings is 1. The predicted molar refractivity (Wildman–Crippen MR) is 95.3 cm³/mol. The van der Waals surface area contributed by atoms with Crippen LogP contribution in [0.2, 0.25) is 0 Å². The van der Waals surface area contributed by atoms with Crippen molar-refractivity contribution in [3.8, 4) is 0 Å². The molecule has 1 atom stereocenters. The highest BCUT2D eigenvalue weighted by Crippen LogP contribution is 2.27. The van der Waals surface area contributed by atoms with E-state index in [0.29, 0.717) is 13.0 Å². The van der Waals surface area contributed by atoms with E-state index in [1.54, 1.807) is 0 Å². The van der Waals surface area contributed by atoms with Gasteiger partial charge in [0.15, 0.2) is 0 Å². The van der Waals surface area contributed by atoms with Crippen LogP contribution in [0.5, 0.6) is 0 Å². The summed E-state index contributed by atoms with van der Waals surface area (Å²) in [6, 6.07) is 9.67. The van der Waals surface area contributed by atoms with E-state index < -0.39 is 13.1 Å². The second kappa shape index (κ2) is 7.67. The van der Waals surface area contributed by atoms with Crippen molar-refractivity contribution in [2.45, 2.75) is 18.8 Å². The first kappa shape index (κ1) is 16.8. The molecule has 126 valence electrons. The van der Waals surface area contributed by atoms with Gasteiger partial charge in [-0.15, -0.1) is 5.53 Å². The van der Waals surface area contributed by atoms with Crippen molar-refractivity contribution in [3.63, 3.8) is 0 Å². The maximum atomic E-state index is 12.1. The molecule has 1 aliphatic heterocycles. The van der Waals surface area contributed by atoms with Crippen molar-refractivity contribution in [1.29, 1.82) is 0 Å². The topological polar surface area (TPSA) is 96.9 Å². The lowest BCUT2D eigenvalue weighted by atomic mass is 9.76. The van der Waals surface area contributed by atoms with Gasteiger partial charge in [0.1, 0.15) is 0 Å². The van der Waals surface area contributed by atoms with Gasteiger partial charge in [-0.05, 0) is 40.9 Å². The summed E-state index contributed by atoms with van der Waals surface area (Å²) in [5, 5.41) is 27.3. The molecule has 0 radical (unpaired) electrons. The zero-order valence-electron chi connectivity index (χ0n) is 13.0. The minimum absolute atomic E-state index is 0.227. The molecule has 1 unspecified atom stereocenters. The number of carbonyl (C=O) groups is 1. The Labute approximate surface area is 144 Å². The number of nitrogens with zero attached hydrogens (tertiary/aromatic N) is 1. The Bertz CT molecular complexity index is 683. The Balaban J connectivity index is 1.51. The minimum Gasteiger partial charge on any atom is -0.426 e. The Morgan fingerprint density at radius 3 is 2.92 bits per heavy atom. The Kier molecular flexibility index (Phi) is 5.36. The summed E-state index contributed by atoms with van der Waals surface area (Å²) in [6.07, 6.45) is 0.620. The number of hydrazine groups is 2. The van der Waals surface area contributed by atoms with Crippen molar-refractivity contribution >= 4 is 35.7 Å². The molecule has 0 bridgehead atoms. The van der Waals surface area contributed by atoms with Crippen molar-refractivity contribution in [2.24, 2.45) is 0 Å². The number of hydrogen-bond donors (Lipinski definition) is 5. The largest absolute Gasteiger partial charge is 0.475 e. The molecule has 1 aromatic heterocycles. The molecule has 24 heavy (non-hydrogen) atoms. The van der Waals surface area contributed by atoms with E-state index in [4.69, 9.17) is 0 Å². The SMILES string of the molecule is O=C(CCN1NNc2ccccc21)NC(Cc1ccsc1)B(O)O. The standard InChI is InChI=1S/C15H19BN4O3S/c21-15(17-14(16(22)23)9-11-6-8-24-10-11)5-7-20-13-4-2-1-3-12(13)18-19-20/h1-4,6,8,10,14,18-19,22-23H,5,7,9H2,(H,17,21). The molecule has 1 amide bonds. The lowest BCUT2D eigenvalue weighted by Crippen LogP contribution is -2.48. The molecule has 0 fully saturated rings. The number of carbonyl (C=O) groups excluding carboxylic acids is 1. The first-order chi connectivity index (χ1) is 11.6. The number of nitrogens with one attached hydrogen (secondary N) is 3. The van der Waals surface area contributed by atoms with Gasteiger partial charge >= 0.3 is 7.12 Å². The molecule has 0 aliphatic carbocycles. The number of rotatable bonds is 7. The average Bonchev–Trinajstić information content (AvgIpc) is 3.21. The van der Waals surface area contributed by atoms with E-state index >= 15 is 0 Å². The normalized spacial score (nSPS) is 14.0. The number of thiophene rings is 1. The van der Waals surface area contributed by atoms with Crippen LogP contribution in [0.1, 0.15) is 12.0 Å². The Hall–Kier alpha value is -2.07. The van der Waals surface area contributed by atoms with Crippen molar-refractivity contribution in [1.82, 2.24) is 10.9 Å². The van der Waals surface area contributed by atoms with E-state index in [1.807, 2.05) is 46.1 Å². The van der Waals surface area contributed by atoms with Gasteiger partial charge in [-0.1, -0.05) is 12.1 Å². The van der Waals surface area contributed by atoms with E-state index in [2.05, 4.69) is 16.3 Å². The van der Waals surface area contributed by atoms with Crippen LogP contribution in [0.25, 0.3) is 0 Å². The summed E-state index contributed by atoms with van der Waals surface area (Å²) in [4.78, 5) is 12.1. The van der Waals surface area contributed by atoms with Crippen molar-refractivity contribution < 1.29 is 14.8 Å².